The minimum Gasteiger partial charge on any atom is -0.338 e. The molecule has 0 aliphatic heterocycles. The molecule has 1 rings (SSSR count). The number of alkyl halides is 1. The van der Waals surface area contributed by atoms with E-state index in [2.05, 4.69) is 4.98 Å². The monoisotopic (exact) mass is 226 g/mol. The minimum atomic E-state index is -0.0336. The van der Waals surface area contributed by atoms with Gasteiger partial charge in [-0.1, -0.05) is 0 Å². The second-order valence-corrected chi connectivity index (χ2v) is 3.86. The maximum Gasteiger partial charge on any atom is 0.255 e. The average molecular weight is 227 g/mol. The molecular weight excluding hydrogens is 212 g/mol. The molecule has 3 nitrogen and oxygen atoms in total. The highest BCUT2D eigenvalue weighted by molar-refractivity contribution is 6.18. The Kier molecular flexibility index (Phi) is 4.09. The standard InChI is InChI=1S/C11H15ClN2O/c1-8(7-12)14(3)11(15)10-5-4-6-13-9(10)2/h4-6,8H,7H2,1-3H3. The first-order chi connectivity index (χ1) is 7.07. The highest BCUT2D eigenvalue weighted by Crippen LogP contribution is 2.09. The third-order valence-electron chi connectivity index (χ3n) is 2.44. The summed E-state index contributed by atoms with van der Waals surface area (Å²) >= 11 is 5.71. The van der Waals surface area contributed by atoms with Crippen LogP contribution >= 0.6 is 11.6 Å². The summed E-state index contributed by atoms with van der Waals surface area (Å²) in [5.41, 5.74) is 1.38. The van der Waals surface area contributed by atoms with E-state index in [1.54, 1.807) is 30.3 Å². The van der Waals surface area contributed by atoms with Gasteiger partial charge in [-0.15, -0.1) is 11.6 Å². The molecule has 0 radical (unpaired) electrons. The van der Waals surface area contributed by atoms with Gasteiger partial charge in [0.25, 0.3) is 5.91 Å². The molecule has 0 spiro atoms. The molecule has 0 aliphatic carbocycles. The molecule has 0 N–H and O–H groups in total. The molecule has 0 saturated carbocycles. The fourth-order valence-electron chi connectivity index (χ4n) is 1.20. The van der Waals surface area contributed by atoms with E-state index < -0.39 is 0 Å². The van der Waals surface area contributed by atoms with Crippen LogP contribution in [-0.2, 0) is 0 Å². The van der Waals surface area contributed by atoms with Crippen molar-refractivity contribution < 1.29 is 4.79 Å². The molecule has 1 heterocycles. The molecule has 1 amide bonds. The maximum atomic E-state index is 12.0. The normalized spacial score (nSPS) is 12.3. The number of pyridine rings is 1. The maximum absolute atomic E-state index is 12.0. The number of hydrogen-bond donors (Lipinski definition) is 0. The Balaban J connectivity index is 2.90. The largest absolute Gasteiger partial charge is 0.338 e. The van der Waals surface area contributed by atoms with Gasteiger partial charge in [0.05, 0.1) is 5.56 Å². The van der Waals surface area contributed by atoms with Crippen LogP contribution in [0.3, 0.4) is 0 Å². The molecule has 1 aromatic rings. The molecule has 4 heteroatoms. The van der Waals surface area contributed by atoms with Crippen LogP contribution in [0, 0.1) is 6.92 Å². The molecule has 1 aromatic heterocycles. The van der Waals surface area contributed by atoms with Gasteiger partial charge < -0.3 is 4.90 Å². The van der Waals surface area contributed by atoms with Crippen LogP contribution in [-0.4, -0.2) is 34.8 Å². The van der Waals surface area contributed by atoms with E-state index in [1.807, 2.05) is 13.8 Å². The lowest BCUT2D eigenvalue weighted by molar-refractivity contribution is 0.0755. The summed E-state index contributed by atoms with van der Waals surface area (Å²) in [6.45, 7) is 3.74. The number of aryl methyl sites for hydroxylation is 1. The van der Waals surface area contributed by atoms with Crippen molar-refractivity contribution in [3.05, 3.63) is 29.6 Å². The van der Waals surface area contributed by atoms with Crippen molar-refractivity contribution in [1.82, 2.24) is 9.88 Å². The van der Waals surface area contributed by atoms with Gasteiger partial charge in [-0.05, 0) is 26.0 Å². The molecule has 0 aromatic carbocycles. The second-order valence-electron chi connectivity index (χ2n) is 3.56. The molecule has 1 unspecified atom stereocenters. The van der Waals surface area contributed by atoms with E-state index in [1.165, 1.54) is 0 Å². The Bertz CT molecular complexity index is 354. The second kappa shape index (κ2) is 5.12. The van der Waals surface area contributed by atoms with E-state index in [-0.39, 0.29) is 11.9 Å². The van der Waals surface area contributed by atoms with Crippen molar-refractivity contribution in [2.45, 2.75) is 19.9 Å². The van der Waals surface area contributed by atoms with Crippen molar-refractivity contribution >= 4 is 17.5 Å². The van der Waals surface area contributed by atoms with E-state index >= 15 is 0 Å². The predicted octanol–water partition coefficient (Wildman–Crippen LogP) is 2.09. The number of nitrogens with zero attached hydrogens (tertiary/aromatic N) is 2. The van der Waals surface area contributed by atoms with Gasteiger partial charge in [0.15, 0.2) is 0 Å². The Labute approximate surface area is 95.1 Å². The van der Waals surface area contributed by atoms with Gasteiger partial charge in [0.1, 0.15) is 0 Å². The summed E-state index contributed by atoms with van der Waals surface area (Å²) in [7, 11) is 1.75. The fraction of sp³-hybridized carbons (Fsp3) is 0.455. The minimum absolute atomic E-state index is 0.0266. The summed E-state index contributed by atoms with van der Waals surface area (Å²) in [5, 5.41) is 0. The van der Waals surface area contributed by atoms with Crippen LogP contribution in [0.15, 0.2) is 18.3 Å². The number of hydrogen-bond acceptors (Lipinski definition) is 2. The van der Waals surface area contributed by atoms with Crippen LogP contribution < -0.4 is 0 Å². The van der Waals surface area contributed by atoms with Gasteiger partial charge in [0, 0.05) is 30.9 Å². The van der Waals surface area contributed by atoms with Gasteiger partial charge in [-0.3, -0.25) is 9.78 Å². The number of halogens is 1. The molecule has 0 saturated heterocycles. The number of rotatable bonds is 3. The Morgan fingerprint density at radius 2 is 2.33 bits per heavy atom. The van der Waals surface area contributed by atoms with Crippen molar-refractivity contribution in [2.75, 3.05) is 12.9 Å². The quantitative estimate of drug-likeness (QED) is 0.740. The molecule has 82 valence electrons. The van der Waals surface area contributed by atoms with Crippen LogP contribution in [0.25, 0.3) is 0 Å². The summed E-state index contributed by atoms with van der Waals surface area (Å²) < 4.78 is 0. The number of aromatic nitrogens is 1. The van der Waals surface area contributed by atoms with E-state index in [0.29, 0.717) is 11.4 Å². The number of carbonyl (C=O) groups excluding carboxylic acids is 1. The molecule has 0 aliphatic rings. The molecular formula is C11H15ClN2O. The molecule has 0 bridgehead atoms. The van der Waals surface area contributed by atoms with Crippen molar-refractivity contribution in [3.63, 3.8) is 0 Å². The van der Waals surface area contributed by atoms with E-state index in [0.717, 1.165) is 5.69 Å². The topological polar surface area (TPSA) is 33.2 Å². The first kappa shape index (κ1) is 12.0. The van der Waals surface area contributed by atoms with E-state index in [9.17, 15) is 4.79 Å². The first-order valence-corrected chi connectivity index (χ1v) is 5.36. The van der Waals surface area contributed by atoms with Gasteiger partial charge >= 0.3 is 0 Å². The summed E-state index contributed by atoms with van der Waals surface area (Å²) in [6.07, 6.45) is 1.68. The van der Waals surface area contributed by atoms with E-state index in [4.69, 9.17) is 11.6 Å². The summed E-state index contributed by atoms with van der Waals surface area (Å²) in [5.74, 6) is 0.399. The lowest BCUT2D eigenvalue weighted by Crippen LogP contribution is -2.36. The first-order valence-electron chi connectivity index (χ1n) is 4.82. The van der Waals surface area contributed by atoms with Crippen LogP contribution in [0.1, 0.15) is 23.0 Å². The lowest BCUT2D eigenvalue weighted by Gasteiger charge is -2.23. The van der Waals surface area contributed by atoms with Crippen LogP contribution in [0.5, 0.6) is 0 Å². The highest BCUT2D eigenvalue weighted by Gasteiger charge is 2.18. The Morgan fingerprint density at radius 1 is 1.67 bits per heavy atom. The third kappa shape index (κ3) is 2.69. The van der Waals surface area contributed by atoms with Crippen molar-refractivity contribution in [3.8, 4) is 0 Å². The molecule has 0 fully saturated rings. The van der Waals surface area contributed by atoms with Gasteiger partial charge in [0.2, 0.25) is 0 Å². The Hall–Kier alpha value is -1.09. The number of carbonyl (C=O) groups is 1. The smallest absolute Gasteiger partial charge is 0.255 e. The Morgan fingerprint density at radius 3 is 2.87 bits per heavy atom. The number of amides is 1. The third-order valence-corrected chi connectivity index (χ3v) is 2.89. The molecule has 1 atom stereocenters. The zero-order valence-electron chi connectivity index (χ0n) is 9.20. The highest BCUT2D eigenvalue weighted by atomic mass is 35.5. The lowest BCUT2D eigenvalue weighted by atomic mass is 10.1. The van der Waals surface area contributed by atoms with Crippen LogP contribution in [0.2, 0.25) is 0 Å². The van der Waals surface area contributed by atoms with Crippen molar-refractivity contribution in [2.24, 2.45) is 0 Å². The predicted molar refractivity (Wildman–Crippen MR) is 61.2 cm³/mol. The van der Waals surface area contributed by atoms with Crippen molar-refractivity contribution in [1.29, 1.82) is 0 Å². The van der Waals surface area contributed by atoms with Gasteiger partial charge in [-0.25, -0.2) is 0 Å². The molecule has 15 heavy (non-hydrogen) atoms. The SMILES string of the molecule is Cc1ncccc1C(=O)N(C)C(C)CCl. The summed E-state index contributed by atoms with van der Waals surface area (Å²) in [4.78, 5) is 17.7. The van der Waals surface area contributed by atoms with Gasteiger partial charge in [-0.2, -0.15) is 0 Å². The summed E-state index contributed by atoms with van der Waals surface area (Å²) in [6, 6.07) is 3.57. The zero-order chi connectivity index (χ0) is 11.4. The van der Waals surface area contributed by atoms with Crippen LogP contribution in [0.4, 0.5) is 0 Å². The zero-order valence-corrected chi connectivity index (χ0v) is 9.95. The fourth-order valence-corrected chi connectivity index (χ4v) is 1.41. The average Bonchev–Trinajstić information content (AvgIpc) is 2.26.